The first-order valence-corrected chi connectivity index (χ1v) is 6.54. The maximum Gasteiger partial charge on any atom is 0.288 e. The number of carbonyl (C=O) groups is 1. The molecule has 0 saturated carbocycles. The van der Waals surface area contributed by atoms with E-state index in [-0.39, 0.29) is 12.5 Å². The van der Waals surface area contributed by atoms with E-state index in [2.05, 4.69) is 10.6 Å². The van der Waals surface area contributed by atoms with Gasteiger partial charge in [0, 0.05) is 24.2 Å². The number of methoxy groups -OCH3 is 1. The average molecular weight is 290 g/mol. The second-order valence-electron chi connectivity index (χ2n) is 3.62. The van der Waals surface area contributed by atoms with E-state index < -0.39 is 5.76 Å². The van der Waals surface area contributed by atoms with E-state index in [9.17, 15) is 13.6 Å². The first kappa shape index (κ1) is 15.9. The van der Waals surface area contributed by atoms with Crippen LogP contribution in [-0.2, 0) is 9.53 Å². The van der Waals surface area contributed by atoms with Crippen molar-refractivity contribution in [2.24, 2.45) is 0 Å². The average Bonchev–Trinajstić information content (AvgIpc) is 2.36. The molecule has 0 bridgehead atoms. The molecule has 0 atom stereocenters. The lowest BCUT2D eigenvalue weighted by molar-refractivity contribution is -0.115. The van der Waals surface area contributed by atoms with Crippen LogP contribution in [0.1, 0.15) is 0 Å². The number of carbonyl (C=O) groups excluding carboxylic acids is 1. The van der Waals surface area contributed by atoms with Crippen LogP contribution in [0.25, 0.3) is 0 Å². The Kier molecular flexibility index (Phi) is 7.39. The molecule has 0 saturated heterocycles. The zero-order chi connectivity index (χ0) is 14.1. The van der Waals surface area contributed by atoms with Crippen LogP contribution < -0.4 is 10.6 Å². The van der Waals surface area contributed by atoms with Gasteiger partial charge in [0.25, 0.3) is 5.76 Å². The Hall–Kier alpha value is -1.18. The fourth-order valence-electron chi connectivity index (χ4n) is 1.30. The summed E-state index contributed by atoms with van der Waals surface area (Å²) in [5, 5.41) is 5.56. The van der Waals surface area contributed by atoms with E-state index >= 15 is 0 Å². The minimum atomic E-state index is -2.44. The SMILES string of the molecule is COCCNCC(=O)Nc1ccc(SC(F)F)cc1. The maximum absolute atomic E-state index is 12.1. The van der Waals surface area contributed by atoms with Gasteiger partial charge in [0.05, 0.1) is 13.2 Å². The van der Waals surface area contributed by atoms with E-state index in [0.717, 1.165) is 0 Å². The number of thioether (sulfide) groups is 1. The van der Waals surface area contributed by atoms with Crippen molar-refractivity contribution < 1.29 is 18.3 Å². The van der Waals surface area contributed by atoms with Gasteiger partial charge >= 0.3 is 0 Å². The van der Waals surface area contributed by atoms with Crippen LogP contribution in [0.5, 0.6) is 0 Å². The number of amides is 1. The summed E-state index contributed by atoms with van der Waals surface area (Å²) >= 11 is 0.473. The second kappa shape index (κ2) is 8.84. The fraction of sp³-hybridized carbons (Fsp3) is 0.417. The zero-order valence-corrected chi connectivity index (χ0v) is 11.3. The van der Waals surface area contributed by atoms with Gasteiger partial charge in [0.1, 0.15) is 0 Å². The first-order chi connectivity index (χ1) is 9.11. The molecule has 1 amide bonds. The Bertz CT molecular complexity index is 388. The van der Waals surface area contributed by atoms with Crippen LogP contribution in [0.4, 0.5) is 14.5 Å². The monoisotopic (exact) mass is 290 g/mol. The largest absolute Gasteiger partial charge is 0.383 e. The summed E-state index contributed by atoms with van der Waals surface area (Å²) in [6.45, 7) is 1.30. The van der Waals surface area contributed by atoms with E-state index in [1.807, 2.05) is 0 Å². The van der Waals surface area contributed by atoms with Crippen molar-refractivity contribution >= 4 is 23.4 Å². The Morgan fingerprint density at radius 3 is 2.63 bits per heavy atom. The molecule has 4 nitrogen and oxygen atoms in total. The van der Waals surface area contributed by atoms with Crippen LogP contribution >= 0.6 is 11.8 Å². The lowest BCUT2D eigenvalue weighted by atomic mass is 10.3. The summed E-state index contributed by atoms with van der Waals surface area (Å²) in [7, 11) is 1.58. The molecule has 0 aliphatic heterocycles. The highest BCUT2D eigenvalue weighted by Crippen LogP contribution is 2.25. The maximum atomic E-state index is 12.1. The molecular formula is C12H16F2N2O2S. The Morgan fingerprint density at radius 2 is 2.05 bits per heavy atom. The molecular weight excluding hydrogens is 274 g/mol. The molecule has 0 aliphatic rings. The Morgan fingerprint density at radius 1 is 1.37 bits per heavy atom. The van der Waals surface area contributed by atoms with Crippen molar-refractivity contribution in [3.63, 3.8) is 0 Å². The lowest BCUT2D eigenvalue weighted by Gasteiger charge is -2.07. The Balaban J connectivity index is 2.34. The van der Waals surface area contributed by atoms with Crippen LogP contribution in [0, 0.1) is 0 Å². The summed E-state index contributed by atoms with van der Waals surface area (Å²) in [5.74, 6) is -2.63. The molecule has 1 aromatic carbocycles. The van der Waals surface area contributed by atoms with Gasteiger partial charge in [-0.1, -0.05) is 11.8 Å². The standard InChI is InChI=1S/C12H16F2N2O2S/c1-18-7-6-15-8-11(17)16-9-2-4-10(5-3-9)19-12(13)14/h2-5,12,15H,6-8H2,1H3,(H,16,17). The number of benzene rings is 1. The van der Waals surface area contributed by atoms with Gasteiger partial charge in [-0.05, 0) is 24.3 Å². The first-order valence-electron chi connectivity index (χ1n) is 5.66. The molecule has 1 aromatic rings. The van der Waals surface area contributed by atoms with Crippen molar-refractivity contribution in [2.45, 2.75) is 10.7 Å². The highest BCUT2D eigenvalue weighted by Gasteiger charge is 2.06. The molecule has 0 unspecified atom stereocenters. The van der Waals surface area contributed by atoms with Crippen LogP contribution in [0.15, 0.2) is 29.2 Å². The third kappa shape index (κ3) is 7.09. The molecule has 7 heteroatoms. The van der Waals surface area contributed by atoms with Gasteiger partial charge in [-0.3, -0.25) is 4.79 Å². The molecule has 1 rings (SSSR count). The number of ether oxygens (including phenoxy) is 1. The highest BCUT2D eigenvalue weighted by molar-refractivity contribution is 7.99. The van der Waals surface area contributed by atoms with Crippen LogP contribution in [0.2, 0.25) is 0 Å². The smallest absolute Gasteiger partial charge is 0.288 e. The molecule has 106 valence electrons. The topological polar surface area (TPSA) is 50.4 Å². The van der Waals surface area contributed by atoms with Crippen molar-refractivity contribution in [3.8, 4) is 0 Å². The molecule has 2 N–H and O–H groups in total. The second-order valence-corrected chi connectivity index (χ2v) is 4.68. The minimum absolute atomic E-state index is 0.177. The van der Waals surface area contributed by atoms with Gasteiger partial charge < -0.3 is 15.4 Å². The fourth-order valence-corrected chi connectivity index (χ4v) is 1.80. The van der Waals surface area contributed by atoms with E-state index in [0.29, 0.717) is 35.5 Å². The quantitative estimate of drug-likeness (QED) is 0.569. The Labute approximate surface area is 114 Å². The molecule has 0 aliphatic carbocycles. The molecule has 0 aromatic heterocycles. The molecule has 19 heavy (non-hydrogen) atoms. The number of hydrogen-bond donors (Lipinski definition) is 2. The van der Waals surface area contributed by atoms with E-state index in [1.54, 1.807) is 31.4 Å². The number of alkyl halides is 2. The summed E-state index contributed by atoms with van der Waals surface area (Å²) < 4.78 is 29.0. The van der Waals surface area contributed by atoms with Crippen LogP contribution in [0.3, 0.4) is 0 Å². The minimum Gasteiger partial charge on any atom is -0.383 e. The van der Waals surface area contributed by atoms with Gasteiger partial charge in [-0.25, -0.2) is 0 Å². The number of rotatable bonds is 8. The van der Waals surface area contributed by atoms with Gasteiger partial charge in [-0.15, -0.1) is 0 Å². The van der Waals surface area contributed by atoms with Crippen molar-refractivity contribution in [1.29, 1.82) is 0 Å². The van der Waals surface area contributed by atoms with Gasteiger partial charge in [0.15, 0.2) is 0 Å². The van der Waals surface area contributed by atoms with E-state index in [1.165, 1.54) is 0 Å². The summed E-state index contributed by atoms with van der Waals surface area (Å²) in [6, 6.07) is 6.28. The number of halogens is 2. The highest BCUT2D eigenvalue weighted by atomic mass is 32.2. The summed E-state index contributed by atoms with van der Waals surface area (Å²) in [6.07, 6.45) is 0. The van der Waals surface area contributed by atoms with Gasteiger partial charge in [-0.2, -0.15) is 8.78 Å². The van der Waals surface area contributed by atoms with Gasteiger partial charge in [0.2, 0.25) is 5.91 Å². The molecule has 0 heterocycles. The number of anilines is 1. The van der Waals surface area contributed by atoms with Crippen molar-refractivity contribution in [1.82, 2.24) is 5.32 Å². The van der Waals surface area contributed by atoms with E-state index in [4.69, 9.17) is 4.74 Å². The number of hydrogen-bond acceptors (Lipinski definition) is 4. The summed E-state index contributed by atoms with van der Waals surface area (Å²) in [4.78, 5) is 12.0. The van der Waals surface area contributed by atoms with Crippen molar-refractivity contribution in [2.75, 3.05) is 32.1 Å². The van der Waals surface area contributed by atoms with Crippen molar-refractivity contribution in [3.05, 3.63) is 24.3 Å². The molecule has 0 fully saturated rings. The predicted molar refractivity (Wildman–Crippen MR) is 71.7 cm³/mol. The molecule has 0 radical (unpaired) electrons. The molecule has 0 spiro atoms. The normalized spacial score (nSPS) is 10.7. The number of nitrogens with one attached hydrogen (secondary N) is 2. The zero-order valence-electron chi connectivity index (χ0n) is 10.5. The third-order valence-corrected chi connectivity index (χ3v) is 2.85. The third-order valence-electron chi connectivity index (χ3n) is 2.13. The predicted octanol–water partition coefficient (Wildman–Crippen LogP) is 2.18. The van der Waals surface area contributed by atoms with Crippen LogP contribution in [-0.4, -0.2) is 38.5 Å². The summed E-state index contributed by atoms with van der Waals surface area (Å²) in [5.41, 5.74) is 0.581. The lowest BCUT2D eigenvalue weighted by Crippen LogP contribution is -2.30.